The van der Waals surface area contributed by atoms with Crippen LogP contribution in [0.3, 0.4) is 0 Å². The molecule has 1 heterocycles. The van der Waals surface area contributed by atoms with Crippen LogP contribution in [0.15, 0.2) is 18.2 Å². The van der Waals surface area contributed by atoms with Crippen LogP contribution in [0, 0.1) is 5.92 Å². The van der Waals surface area contributed by atoms with Gasteiger partial charge >= 0.3 is 5.97 Å². The maximum absolute atomic E-state index is 12.3. The molecular formula is C15H19NO5. The van der Waals surface area contributed by atoms with Gasteiger partial charge in [0.25, 0.3) is 5.91 Å². The molecule has 0 radical (unpaired) electrons. The van der Waals surface area contributed by atoms with Gasteiger partial charge in [-0.05, 0) is 24.1 Å². The lowest BCUT2D eigenvalue weighted by Crippen LogP contribution is -2.45. The summed E-state index contributed by atoms with van der Waals surface area (Å²) < 4.78 is 15.2. The molecule has 6 nitrogen and oxygen atoms in total. The van der Waals surface area contributed by atoms with E-state index in [1.807, 2.05) is 13.8 Å². The number of hydrogen-bond acceptors (Lipinski definition) is 5. The molecule has 0 spiro atoms. The van der Waals surface area contributed by atoms with Gasteiger partial charge in [0.2, 0.25) is 6.79 Å². The number of hydrogen-bond donors (Lipinski definition) is 1. The molecule has 2 atom stereocenters. The third-order valence-electron chi connectivity index (χ3n) is 3.59. The molecule has 1 N–H and O–H groups in total. The van der Waals surface area contributed by atoms with Crippen molar-refractivity contribution in [1.82, 2.24) is 5.32 Å². The van der Waals surface area contributed by atoms with Crippen LogP contribution in [0.2, 0.25) is 0 Å². The first kappa shape index (κ1) is 15.2. The Morgan fingerprint density at radius 1 is 1.33 bits per heavy atom. The van der Waals surface area contributed by atoms with E-state index in [-0.39, 0.29) is 18.6 Å². The Hall–Kier alpha value is -2.24. The molecule has 6 heteroatoms. The summed E-state index contributed by atoms with van der Waals surface area (Å²) in [6, 6.07) is 4.24. The highest BCUT2D eigenvalue weighted by Crippen LogP contribution is 2.32. The molecule has 0 aromatic heterocycles. The van der Waals surface area contributed by atoms with Gasteiger partial charge < -0.3 is 19.5 Å². The van der Waals surface area contributed by atoms with Crippen molar-refractivity contribution in [2.75, 3.05) is 13.9 Å². The van der Waals surface area contributed by atoms with Crippen LogP contribution >= 0.6 is 0 Å². The summed E-state index contributed by atoms with van der Waals surface area (Å²) in [5.41, 5.74) is 0.413. The number of ether oxygens (including phenoxy) is 3. The fourth-order valence-corrected chi connectivity index (χ4v) is 2.06. The highest BCUT2D eigenvalue weighted by atomic mass is 16.7. The van der Waals surface area contributed by atoms with Gasteiger partial charge in [0.1, 0.15) is 6.04 Å². The molecule has 114 valence electrons. The van der Waals surface area contributed by atoms with Crippen LogP contribution in [-0.4, -0.2) is 31.8 Å². The smallest absolute Gasteiger partial charge is 0.328 e. The predicted octanol–water partition coefficient (Wildman–Crippen LogP) is 1.73. The maximum atomic E-state index is 12.3. The molecule has 1 amide bonds. The molecule has 1 aliphatic heterocycles. The van der Waals surface area contributed by atoms with Gasteiger partial charge in [-0.3, -0.25) is 4.79 Å². The minimum Gasteiger partial charge on any atom is -0.467 e. The Balaban J connectivity index is 2.13. The highest BCUT2D eigenvalue weighted by Gasteiger charge is 2.27. The standard InChI is InChI=1S/C15H19NO5/c1-4-9(2)13(15(18)19-3)16-14(17)10-5-6-11-12(7-10)21-8-20-11/h5-7,9,13H,4,8H2,1-3H3,(H,16,17)/t9-,13+/m1/s1. The Morgan fingerprint density at radius 3 is 2.71 bits per heavy atom. The number of nitrogens with one attached hydrogen (secondary N) is 1. The molecule has 1 aromatic carbocycles. The van der Waals surface area contributed by atoms with E-state index >= 15 is 0 Å². The molecule has 0 saturated carbocycles. The SMILES string of the molecule is CC[C@@H](C)[C@H](NC(=O)c1ccc2c(c1)OCO2)C(=O)OC. The third kappa shape index (κ3) is 3.26. The Bertz CT molecular complexity index is 543. The van der Waals surface area contributed by atoms with Gasteiger partial charge in [0.15, 0.2) is 11.5 Å². The molecule has 0 bridgehead atoms. The van der Waals surface area contributed by atoms with Gasteiger partial charge in [-0.15, -0.1) is 0 Å². The normalized spacial score (nSPS) is 15.2. The molecular weight excluding hydrogens is 274 g/mol. The van der Waals surface area contributed by atoms with Crippen molar-refractivity contribution in [3.05, 3.63) is 23.8 Å². The lowest BCUT2D eigenvalue weighted by molar-refractivity contribution is -0.144. The maximum Gasteiger partial charge on any atom is 0.328 e. The Morgan fingerprint density at radius 2 is 2.05 bits per heavy atom. The second-order valence-corrected chi connectivity index (χ2v) is 4.93. The van der Waals surface area contributed by atoms with Gasteiger partial charge in [-0.25, -0.2) is 4.79 Å². The van der Waals surface area contributed by atoms with Crippen LogP contribution in [0.1, 0.15) is 30.6 Å². The van der Waals surface area contributed by atoms with E-state index in [0.717, 1.165) is 6.42 Å². The predicted molar refractivity (Wildman–Crippen MR) is 75.3 cm³/mol. The summed E-state index contributed by atoms with van der Waals surface area (Å²) in [5.74, 6) is 0.330. The number of methoxy groups -OCH3 is 1. The average molecular weight is 293 g/mol. The summed E-state index contributed by atoms with van der Waals surface area (Å²) in [5, 5.41) is 2.72. The first-order valence-electron chi connectivity index (χ1n) is 6.85. The third-order valence-corrected chi connectivity index (χ3v) is 3.59. The molecule has 1 aromatic rings. The number of rotatable bonds is 5. The van der Waals surface area contributed by atoms with Gasteiger partial charge in [-0.2, -0.15) is 0 Å². The summed E-state index contributed by atoms with van der Waals surface area (Å²) in [6.45, 7) is 3.99. The van der Waals surface area contributed by atoms with Crippen LogP contribution in [0.25, 0.3) is 0 Å². The van der Waals surface area contributed by atoms with E-state index in [1.165, 1.54) is 7.11 Å². The highest BCUT2D eigenvalue weighted by molar-refractivity contribution is 5.97. The van der Waals surface area contributed by atoms with Gasteiger partial charge in [-0.1, -0.05) is 20.3 Å². The van der Waals surface area contributed by atoms with Gasteiger partial charge in [0.05, 0.1) is 7.11 Å². The fourth-order valence-electron chi connectivity index (χ4n) is 2.06. The van der Waals surface area contributed by atoms with Crippen molar-refractivity contribution in [1.29, 1.82) is 0 Å². The van der Waals surface area contributed by atoms with Crippen LogP contribution in [-0.2, 0) is 9.53 Å². The molecule has 1 aliphatic rings. The van der Waals surface area contributed by atoms with E-state index in [9.17, 15) is 9.59 Å². The quantitative estimate of drug-likeness (QED) is 0.837. The van der Waals surface area contributed by atoms with Crippen LogP contribution in [0.5, 0.6) is 11.5 Å². The largest absolute Gasteiger partial charge is 0.467 e. The number of amides is 1. The summed E-state index contributed by atoms with van der Waals surface area (Å²) in [6.07, 6.45) is 0.751. The average Bonchev–Trinajstić information content (AvgIpc) is 2.98. The first-order chi connectivity index (χ1) is 10.1. The number of carbonyl (C=O) groups is 2. The summed E-state index contributed by atoms with van der Waals surface area (Å²) >= 11 is 0. The van der Waals surface area contributed by atoms with Crippen molar-refractivity contribution < 1.29 is 23.8 Å². The van der Waals surface area contributed by atoms with E-state index in [0.29, 0.717) is 17.1 Å². The number of benzene rings is 1. The van der Waals surface area contributed by atoms with Crippen molar-refractivity contribution >= 4 is 11.9 Å². The zero-order valence-corrected chi connectivity index (χ0v) is 12.3. The topological polar surface area (TPSA) is 73.9 Å². The van der Waals surface area contributed by atoms with E-state index in [4.69, 9.17) is 14.2 Å². The molecule has 2 rings (SSSR count). The lowest BCUT2D eigenvalue weighted by Gasteiger charge is -2.21. The van der Waals surface area contributed by atoms with Crippen LogP contribution in [0.4, 0.5) is 0 Å². The number of carbonyl (C=O) groups excluding carboxylic acids is 2. The Labute approximate surface area is 123 Å². The van der Waals surface area contributed by atoms with Crippen molar-refractivity contribution in [2.45, 2.75) is 26.3 Å². The fraction of sp³-hybridized carbons (Fsp3) is 0.467. The molecule has 0 aliphatic carbocycles. The van der Waals surface area contributed by atoms with Crippen molar-refractivity contribution in [3.63, 3.8) is 0 Å². The van der Waals surface area contributed by atoms with Crippen molar-refractivity contribution in [3.8, 4) is 11.5 Å². The molecule has 0 saturated heterocycles. The second kappa shape index (κ2) is 6.47. The van der Waals surface area contributed by atoms with E-state index in [1.54, 1.807) is 18.2 Å². The van der Waals surface area contributed by atoms with Crippen LogP contribution < -0.4 is 14.8 Å². The first-order valence-corrected chi connectivity index (χ1v) is 6.85. The van der Waals surface area contributed by atoms with Gasteiger partial charge in [0, 0.05) is 5.56 Å². The zero-order valence-electron chi connectivity index (χ0n) is 12.3. The minimum absolute atomic E-state index is 0.0181. The Kier molecular flexibility index (Phi) is 4.67. The lowest BCUT2D eigenvalue weighted by atomic mass is 9.99. The summed E-state index contributed by atoms with van der Waals surface area (Å²) in [7, 11) is 1.31. The monoisotopic (exact) mass is 293 g/mol. The van der Waals surface area contributed by atoms with Crippen molar-refractivity contribution in [2.24, 2.45) is 5.92 Å². The zero-order chi connectivity index (χ0) is 15.4. The number of esters is 1. The van der Waals surface area contributed by atoms with E-state index in [2.05, 4.69) is 5.32 Å². The molecule has 0 fully saturated rings. The van der Waals surface area contributed by atoms with E-state index < -0.39 is 12.0 Å². The number of fused-ring (bicyclic) bond motifs is 1. The summed E-state index contributed by atoms with van der Waals surface area (Å²) in [4.78, 5) is 24.1. The second-order valence-electron chi connectivity index (χ2n) is 4.93. The minimum atomic E-state index is -0.669. The molecule has 21 heavy (non-hydrogen) atoms. The molecule has 0 unspecified atom stereocenters.